The summed E-state index contributed by atoms with van der Waals surface area (Å²) in [5, 5.41) is 0.612. The molecule has 0 atom stereocenters. The van der Waals surface area contributed by atoms with Crippen molar-refractivity contribution >= 4 is 23.4 Å². The molecule has 0 aliphatic carbocycles. The zero-order valence-electron chi connectivity index (χ0n) is 9.87. The first kappa shape index (κ1) is 12.1. The Labute approximate surface area is 105 Å². The molecule has 1 fully saturated rings. The van der Waals surface area contributed by atoms with E-state index in [1.165, 1.54) is 4.90 Å². The molecule has 0 N–H and O–H groups in total. The van der Waals surface area contributed by atoms with Crippen LogP contribution < -0.4 is 0 Å². The average Bonchev–Trinajstić information content (AvgIpc) is 2.41. The molecule has 1 aromatic carbocycles. The third kappa shape index (κ3) is 2.34. The largest absolute Gasteiger partial charge is 0.278 e. The second-order valence-electron chi connectivity index (χ2n) is 4.98. The Morgan fingerprint density at radius 3 is 2.59 bits per heavy atom. The Morgan fingerprint density at radius 1 is 1.35 bits per heavy atom. The van der Waals surface area contributed by atoms with Gasteiger partial charge < -0.3 is 0 Å². The van der Waals surface area contributed by atoms with E-state index in [4.69, 9.17) is 11.6 Å². The van der Waals surface area contributed by atoms with Crippen molar-refractivity contribution in [2.75, 3.05) is 0 Å². The fourth-order valence-corrected chi connectivity index (χ4v) is 2.22. The summed E-state index contributed by atoms with van der Waals surface area (Å²) in [5.74, 6) is -0.220. The third-order valence-corrected chi connectivity index (χ3v) is 3.18. The first-order valence-electron chi connectivity index (χ1n) is 5.49. The van der Waals surface area contributed by atoms with Gasteiger partial charge in [-0.1, -0.05) is 37.6 Å². The lowest BCUT2D eigenvalue weighted by Crippen LogP contribution is -2.32. The van der Waals surface area contributed by atoms with Gasteiger partial charge in [0.2, 0.25) is 11.8 Å². The van der Waals surface area contributed by atoms with Gasteiger partial charge in [-0.25, -0.2) is 0 Å². The summed E-state index contributed by atoms with van der Waals surface area (Å²) in [4.78, 5) is 25.1. The number of rotatable bonds is 2. The summed E-state index contributed by atoms with van der Waals surface area (Å²) in [5.41, 5.74) is 0.298. The molecule has 2 amide bonds. The molecule has 90 valence electrons. The number of carbonyl (C=O) groups excluding carboxylic acids is 2. The second kappa shape index (κ2) is 4.15. The lowest BCUT2D eigenvalue weighted by atomic mass is 9.92. The van der Waals surface area contributed by atoms with Crippen LogP contribution in [0.1, 0.15) is 25.8 Å². The summed E-state index contributed by atoms with van der Waals surface area (Å²) in [6.45, 7) is 3.90. The number of hydrogen-bond donors (Lipinski definition) is 0. The maximum absolute atomic E-state index is 12.0. The molecular weight excluding hydrogens is 238 g/mol. The summed E-state index contributed by atoms with van der Waals surface area (Å²) >= 11 is 5.87. The highest BCUT2D eigenvalue weighted by molar-refractivity contribution is 6.30. The molecule has 1 aromatic rings. The van der Waals surface area contributed by atoms with Crippen molar-refractivity contribution in [3.63, 3.8) is 0 Å². The SMILES string of the molecule is CC1(C)CC(=O)N(Cc2cccc(Cl)c2)C1=O. The van der Waals surface area contributed by atoms with Gasteiger partial charge in [0.15, 0.2) is 0 Å². The second-order valence-corrected chi connectivity index (χ2v) is 5.41. The van der Waals surface area contributed by atoms with E-state index < -0.39 is 5.41 Å². The number of halogens is 1. The fourth-order valence-electron chi connectivity index (χ4n) is 2.01. The molecule has 0 aromatic heterocycles. The zero-order chi connectivity index (χ0) is 12.6. The summed E-state index contributed by atoms with van der Waals surface area (Å²) < 4.78 is 0. The average molecular weight is 252 g/mol. The van der Waals surface area contributed by atoms with Gasteiger partial charge in [-0.3, -0.25) is 14.5 Å². The molecule has 0 saturated carbocycles. The van der Waals surface area contributed by atoms with E-state index in [-0.39, 0.29) is 18.2 Å². The van der Waals surface area contributed by atoms with Crippen LogP contribution in [0.4, 0.5) is 0 Å². The molecule has 1 heterocycles. The van der Waals surface area contributed by atoms with Crippen LogP contribution in [0.3, 0.4) is 0 Å². The van der Waals surface area contributed by atoms with Gasteiger partial charge in [-0.2, -0.15) is 0 Å². The van der Waals surface area contributed by atoms with Crippen molar-refractivity contribution < 1.29 is 9.59 Å². The highest BCUT2D eigenvalue weighted by Gasteiger charge is 2.44. The summed E-state index contributed by atoms with van der Waals surface area (Å²) in [7, 11) is 0. The van der Waals surface area contributed by atoms with E-state index in [9.17, 15) is 9.59 Å². The van der Waals surface area contributed by atoms with Gasteiger partial charge in [0.25, 0.3) is 0 Å². The van der Waals surface area contributed by atoms with Crippen LogP contribution in [-0.2, 0) is 16.1 Å². The van der Waals surface area contributed by atoms with Crippen LogP contribution in [-0.4, -0.2) is 16.7 Å². The van der Waals surface area contributed by atoms with Crippen molar-refractivity contribution in [3.8, 4) is 0 Å². The standard InChI is InChI=1S/C13H14ClNO2/c1-13(2)7-11(16)15(12(13)17)8-9-4-3-5-10(14)6-9/h3-6H,7-8H2,1-2H3. The zero-order valence-corrected chi connectivity index (χ0v) is 10.6. The minimum Gasteiger partial charge on any atom is -0.278 e. The summed E-state index contributed by atoms with van der Waals surface area (Å²) in [6, 6.07) is 7.21. The van der Waals surface area contributed by atoms with Gasteiger partial charge in [-0.05, 0) is 17.7 Å². The molecule has 0 spiro atoms. The van der Waals surface area contributed by atoms with Crippen LogP contribution in [0.5, 0.6) is 0 Å². The van der Waals surface area contributed by atoms with E-state index in [0.29, 0.717) is 11.6 Å². The molecule has 3 nitrogen and oxygen atoms in total. The van der Waals surface area contributed by atoms with E-state index in [1.54, 1.807) is 26.0 Å². The first-order valence-corrected chi connectivity index (χ1v) is 5.87. The molecule has 1 aliphatic heterocycles. The van der Waals surface area contributed by atoms with Crippen molar-refractivity contribution in [2.45, 2.75) is 26.8 Å². The van der Waals surface area contributed by atoms with Crippen LogP contribution in [0.25, 0.3) is 0 Å². The monoisotopic (exact) mass is 251 g/mol. The Morgan fingerprint density at radius 2 is 2.06 bits per heavy atom. The maximum Gasteiger partial charge on any atom is 0.235 e. The van der Waals surface area contributed by atoms with Gasteiger partial charge in [0, 0.05) is 11.4 Å². The normalized spacial score (nSPS) is 18.9. The Hall–Kier alpha value is -1.35. The predicted octanol–water partition coefficient (Wildman–Crippen LogP) is 2.63. The van der Waals surface area contributed by atoms with E-state index in [1.807, 2.05) is 12.1 Å². The van der Waals surface area contributed by atoms with Crippen LogP contribution in [0.15, 0.2) is 24.3 Å². The van der Waals surface area contributed by atoms with Crippen molar-refractivity contribution in [1.29, 1.82) is 0 Å². The minimum atomic E-state index is -0.574. The molecule has 4 heteroatoms. The Balaban J connectivity index is 2.20. The van der Waals surface area contributed by atoms with Crippen LogP contribution in [0.2, 0.25) is 5.02 Å². The van der Waals surface area contributed by atoms with Crippen molar-refractivity contribution in [2.24, 2.45) is 5.41 Å². The number of imide groups is 1. The molecule has 1 saturated heterocycles. The third-order valence-electron chi connectivity index (χ3n) is 2.95. The lowest BCUT2D eigenvalue weighted by Gasteiger charge is -2.17. The van der Waals surface area contributed by atoms with Gasteiger partial charge in [-0.15, -0.1) is 0 Å². The van der Waals surface area contributed by atoms with E-state index in [2.05, 4.69) is 0 Å². The molecule has 2 rings (SSSR count). The van der Waals surface area contributed by atoms with Gasteiger partial charge >= 0.3 is 0 Å². The number of nitrogens with zero attached hydrogens (tertiary/aromatic N) is 1. The molecule has 0 radical (unpaired) electrons. The number of benzene rings is 1. The first-order chi connectivity index (χ1) is 7.90. The highest BCUT2D eigenvalue weighted by Crippen LogP contribution is 2.32. The van der Waals surface area contributed by atoms with Gasteiger partial charge in [0.1, 0.15) is 0 Å². The highest BCUT2D eigenvalue weighted by atomic mass is 35.5. The van der Waals surface area contributed by atoms with E-state index in [0.717, 1.165) is 5.56 Å². The number of amides is 2. The molecule has 17 heavy (non-hydrogen) atoms. The summed E-state index contributed by atoms with van der Waals surface area (Å²) in [6.07, 6.45) is 0.284. The maximum atomic E-state index is 12.0. The Kier molecular flexibility index (Phi) is 2.96. The minimum absolute atomic E-state index is 0.109. The lowest BCUT2D eigenvalue weighted by molar-refractivity contribution is -0.141. The van der Waals surface area contributed by atoms with Crippen LogP contribution >= 0.6 is 11.6 Å². The molecular formula is C13H14ClNO2. The predicted molar refractivity (Wildman–Crippen MR) is 65.4 cm³/mol. The number of hydrogen-bond acceptors (Lipinski definition) is 2. The quantitative estimate of drug-likeness (QED) is 0.758. The van der Waals surface area contributed by atoms with Gasteiger partial charge in [0.05, 0.1) is 12.0 Å². The number of likely N-dealkylation sites (tertiary alicyclic amines) is 1. The Bertz CT molecular complexity index is 482. The topological polar surface area (TPSA) is 37.4 Å². The molecule has 0 unspecified atom stereocenters. The van der Waals surface area contributed by atoms with Crippen LogP contribution in [0, 0.1) is 5.41 Å². The van der Waals surface area contributed by atoms with E-state index >= 15 is 0 Å². The fraction of sp³-hybridized carbons (Fsp3) is 0.385. The van der Waals surface area contributed by atoms with Crippen molar-refractivity contribution in [1.82, 2.24) is 4.90 Å². The smallest absolute Gasteiger partial charge is 0.235 e. The van der Waals surface area contributed by atoms with Crippen molar-refractivity contribution in [3.05, 3.63) is 34.9 Å². The number of carbonyl (C=O) groups is 2. The molecule has 0 bridgehead atoms. The molecule has 1 aliphatic rings.